The second kappa shape index (κ2) is 10.2. The summed E-state index contributed by atoms with van der Waals surface area (Å²) in [6.07, 6.45) is 3.65. The average Bonchev–Trinajstić information content (AvgIpc) is 3.41. The Balaban J connectivity index is 1.81. The smallest absolute Gasteiger partial charge is 0.193 e. The van der Waals surface area contributed by atoms with Crippen LogP contribution in [0.5, 0.6) is 5.75 Å². The van der Waals surface area contributed by atoms with Crippen molar-refractivity contribution < 1.29 is 9.47 Å². The number of nitrogens with one attached hydrogen (secondary N) is 1. The van der Waals surface area contributed by atoms with Gasteiger partial charge in [0, 0.05) is 45.5 Å². The fraction of sp³-hybridized carbons (Fsp3) is 0.632. The topological polar surface area (TPSA) is 46.1 Å². The van der Waals surface area contributed by atoms with Gasteiger partial charge < -0.3 is 19.7 Å². The molecule has 1 aliphatic carbocycles. The molecule has 1 saturated carbocycles. The lowest BCUT2D eigenvalue weighted by molar-refractivity contribution is 0.123. The van der Waals surface area contributed by atoms with E-state index in [4.69, 9.17) is 14.5 Å². The first kappa shape index (κ1) is 18.6. The van der Waals surface area contributed by atoms with Gasteiger partial charge in [-0.2, -0.15) is 0 Å². The number of guanidine groups is 1. The van der Waals surface area contributed by atoms with Crippen LogP contribution in [0.3, 0.4) is 0 Å². The number of ether oxygens (including phenoxy) is 2. The molecule has 0 aromatic heterocycles. The van der Waals surface area contributed by atoms with E-state index in [0.717, 1.165) is 62.5 Å². The van der Waals surface area contributed by atoms with E-state index < -0.39 is 0 Å². The summed E-state index contributed by atoms with van der Waals surface area (Å²) in [6, 6.07) is 8.10. The number of hydrogen-bond donors (Lipinski definition) is 1. The molecule has 1 fully saturated rings. The molecule has 1 N–H and O–H groups in total. The predicted octanol–water partition coefficient (Wildman–Crippen LogP) is 2.91. The van der Waals surface area contributed by atoms with Gasteiger partial charge in [-0.3, -0.25) is 4.99 Å². The van der Waals surface area contributed by atoms with Crippen LogP contribution in [0.25, 0.3) is 0 Å². The van der Waals surface area contributed by atoms with Crippen LogP contribution in [0.1, 0.15) is 31.7 Å². The van der Waals surface area contributed by atoms with Crippen LogP contribution in [0.4, 0.5) is 0 Å². The molecule has 0 atom stereocenters. The van der Waals surface area contributed by atoms with Crippen molar-refractivity contribution in [3.63, 3.8) is 0 Å². The lowest BCUT2D eigenvalue weighted by Gasteiger charge is -2.23. The van der Waals surface area contributed by atoms with E-state index >= 15 is 0 Å². The Kier molecular flexibility index (Phi) is 7.89. The third kappa shape index (κ3) is 6.40. The zero-order chi connectivity index (χ0) is 17.2. The van der Waals surface area contributed by atoms with Crippen LogP contribution < -0.4 is 10.1 Å². The molecule has 1 aliphatic rings. The quantitative estimate of drug-likeness (QED) is 0.406. The first-order chi connectivity index (χ1) is 11.7. The SMILES string of the molecule is CCNC(=NCCCOCC1CC1)N(C)Cc1ccccc1OC. The fourth-order valence-electron chi connectivity index (χ4n) is 2.52. The monoisotopic (exact) mass is 333 g/mol. The van der Waals surface area contributed by atoms with E-state index in [1.165, 1.54) is 12.8 Å². The summed E-state index contributed by atoms with van der Waals surface area (Å²) >= 11 is 0. The Morgan fingerprint density at radius 2 is 2.12 bits per heavy atom. The summed E-state index contributed by atoms with van der Waals surface area (Å²) in [7, 11) is 3.76. The summed E-state index contributed by atoms with van der Waals surface area (Å²) < 4.78 is 11.1. The predicted molar refractivity (Wildman–Crippen MR) is 98.6 cm³/mol. The highest BCUT2D eigenvalue weighted by Crippen LogP contribution is 2.28. The molecule has 24 heavy (non-hydrogen) atoms. The largest absolute Gasteiger partial charge is 0.496 e. The molecule has 0 aliphatic heterocycles. The molecular formula is C19H31N3O2. The van der Waals surface area contributed by atoms with Crippen molar-refractivity contribution in [3.8, 4) is 5.75 Å². The molecule has 5 nitrogen and oxygen atoms in total. The lowest BCUT2D eigenvalue weighted by atomic mass is 10.2. The molecule has 0 amide bonds. The maximum atomic E-state index is 5.67. The van der Waals surface area contributed by atoms with Crippen LogP contribution in [-0.2, 0) is 11.3 Å². The van der Waals surface area contributed by atoms with E-state index in [0.29, 0.717) is 0 Å². The molecule has 0 radical (unpaired) electrons. The van der Waals surface area contributed by atoms with Crippen LogP contribution in [0, 0.1) is 5.92 Å². The fourth-order valence-corrected chi connectivity index (χ4v) is 2.52. The van der Waals surface area contributed by atoms with Gasteiger partial charge in [0.15, 0.2) is 5.96 Å². The summed E-state index contributed by atoms with van der Waals surface area (Å²) in [5.74, 6) is 2.66. The number of methoxy groups -OCH3 is 1. The Hall–Kier alpha value is -1.75. The van der Waals surface area contributed by atoms with Crippen molar-refractivity contribution in [2.45, 2.75) is 32.7 Å². The number of benzene rings is 1. The van der Waals surface area contributed by atoms with E-state index in [1.54, 1.807) is 7.11 Å². The van der Waals surface area contributed by atoms with E-state index in [-0.39, 0.29) is 0 Å². The van der Waals surface area contributed by atoms with Crippen LogP contribution >= 0.6 is 0 Å². The average molecular weight is 333 g/mol. The summed E-state index contributed by atoms with van der Waals surface area (Å²) in [5, 5.41) is 3.35. The molecule has 134 valence electrons. The summed E-state index contributed by atoms with van der Waals surface area (Å²) in [4.78, 5) is 6.84. The summed E-state index contributed by atoms with van der Waals surface area (Å²) in [5.41, 5.74) is 1.15. The van der Waals surface area contributed by atoms with Gasteiger partial charge in [0.2, 0.25) is 0 Å². The van der Waals surface area contributed by atoms with E-state index in [9.17, 15) is 0 Å². The van der Waals surface area contributed by atoms with Crippen molar-refractivity contribution in [2.24, 2.45) is 10.9 Å². The molecule has 1 aromatic rings. The normalized spacial score (nSPS) is 14.5. The molecular weight excluding hydrogens is 302 g/mol. The standard InChI is InChI=1S/C19H31N3O2/c1-4-20-19(21-12-7-13-24-15-16-10-11-16)22(2)14-17-8-5-6-9-18(17)23-3/h5-6,8-9,16H,4,7,10-15H2,1-3H3,(H,20,21). The number of para-hydroxylation sites is 1. The van der Waals surface area contributed by atoms with E-state index in [1.807, 2.05) is 18.2 Å². The second-order valence-corrected chi connectivity index (χ2v) is 6.28. The molecule has 5 heteroatoms. The van der Waals surface area contributed by atoms with Gasteiger partial charge in [-0.25, -0.2) is 0 Å². The van der Waals surface area contributed by atoms with Gasteiger partial charge in [-0.1, -0.05) is 18.2 Å². The van der Waals surface area contributed by atoms with E-state index in [2.05, 4.69) is 30.3 Å². The first-order valence-corrected chi connectivity index (χ1v) is 8.93. The number of nitrogens with zero attached hydrogens (tertiary/aromatic N) is 2. The third-order valence-electron chi connectivity index (χ3n) is 4.06. The maximum absolute atomic E-state index is 5.67. The van der Waals surface area contributed by atoms with Gasteiger partial charge in [0.1, 0.15) is 5.75 Å². The minimum Gasteiger partial charge on any atom is -0.496 e. The highest BCUT2D eigenvalue weighted by molar-refractivity contribution is 5.79. The Morgan fingerprint density at radius 3 is 2.83 bits per heavy atom. The minimum absolute atomic E-state index is 0.758. The highest BCUT2D eigenvalue weighted by atomic mass is 16.5. The Labute approximate surface area is 146 Å². The van der Waals surface area contributed by atoms with Crippen LogP contribution in [0.15, 0.2) is 29.3 Å². The lowest BCUT2D eigenvalue weighted by Crippen LogP contribution is -2.38. The van der Waals surface area contributed by atoms with Crippen molar-refractivity contribution in [1.82, 2.24) is 10.2 Å². The van der Waals surface area contributed by atoms with Crippen molar-refractivity contribution in [1.29, 1.82) is 0 Å². The van der Waals surface area contributed by atoms with Crippen LogP contribution in [0.2, 0.25) is 0 Å². The van der Waals surface area contributed by atoms with Gasteiger partial charge in [-0.15, -0.1) is 0 Å². The van der Waals surface area contributed by atoms with Gasteiger partial charge >= 0.3 is 0 Å². The van der Waals surface area contributed by atoms with Gasteiger partial charge in [0.05, 0.1) is 7.11 Å². The van der Waals surface area contributed by atoms with Gasteiger partial charge in [-0.05, 0) is 38.2 Å². The van der Waals surface area contributed by atoms with Gasteiger partial charge in [0.25, 0.3) is 0 Å². The summed E-state index contributed by atoms with van der Waals surface area (Å²) in [6.45, 7) is 6.21. The number of rotatable bonds is 10. The zero-order valence-corrected chi connectivity index (χ0v) is 15.3. The highest BCUT2D eigenvalue weighted by Gasteiger charge is 2.20. The first-order valence-electron chi connectivity index (χ1n) is 8.93. The molecule has 1 aromatic carbocycles. The minimum atomic E-state index is 0.758. The Bertz CT molecular complexity index is 515. The number of hydrogen-bond acceptors (Lipinski definition) is 3. The molecule has 0 unspecified atom stereocenters. The molecule has 0 saturated heterocycles. The second-order valence-electron chi connectivity index (χ2n) is 6.28. The van der Waals surface area contributed by atoms with Crippen molar-refractivity contribution in [2.75, 3.05) is 40.5 Å². The van der Waals surface area contributed by atoms with Crippen LogP contribution in [-0.4, -0.2) is 51.3 Å². The molecule has 2 rings (SSSR count). The third-order valence-corrected chi connectivity index (χ3v) is 4.06. The maximum Gasteiger partial charge on any atom is 0.193 e. The molecule has 0 heterocycles. The zero-order valence-electron chi connectivity index (χ0n) is 15.3. The molecule has 0 spiro atoms. The van der Waals surface area contributed by atoms with Crippen molar-refractivity contribution in [3.05, 3.63) is 29.8 Å². The van der Waals surface area contributed by atoms with Crippen molar-refractivity contribution >= 4 is 5.96 Å². The Morgan fingerprint density at radius 1 is 1.33 bits per heavy atom. The molecule has 0 bridgehead atoms. The number of aliphatic imine (C=N–C) groups is 1.